The average molecular weight is 390 g/mol. The fraction of sp³-hybridized carbons (Fsp3) is 0.333. The summed E-state index contributed by atoms with van der Waals surface area (Å²) in [5, 5.41) is 4.16. The van der Waals surface area contributed by atoms with Gasteiger partial charge in [-0.1, -0.05) is 0 Å². The summed E-state index contributed by atoms with van der Waals surface area (Å²) in [6.45, 7) is 7.59. The van der Waals surface area contributed by atoms with E-state index in [1.807, 2.05) is 42.8 Å². The maximum absolute atomic E-state index is 12.7. The summed E-state index contributed by atoms with van der Waals surface area (Å²) >= 11 is 0. The Hall–Kier alpha value is -3.26. The van der Waals surface area contributed by atoms with Gasteiger partial charge < -0.3 is 19.0 Å². The smallest absolute Gasteiger partial charge is 0.347 e. The number of nitrogens with one attached hydrogen (secondary N) is 1. The Bertz CT molecular complexity index is 1270. The molecule has 1 saturated heterocycles. The number of aromatic nitrogens is 4. The topological polar surface area (TPSA) is 88.6 Å². The molecule has 0 aromatic carbocycles. The number of aryl methyl sites for hydroxylation is 2. The predicted molar refractivity (Wildman–Crippen MR) is 111 cm³/mol. The normalized spacial score (nSPS) is 15.2. The van der Waals surface area contributed by atoms with Crippen LogP contribution in [0.2, 0.25) is 0 Å². The average Bonchev–Trinajstić information content (AvgIpc) is 2.93. The standard InChI is InChI=1S/C21H22N6O2/c1-13-11-27-12-17(24-19(27)14(2)23-13)16-10-15-4-5-18(25-20(15)29-21(16)28)26-8-3-6-22-7-9-26/h4-5,10-12,22H,3,6-9H2,1-2H3. The number of nitrogens with zero attached hydrogens (tertiary/aromatic N) is 5. The second kappa shape index (κ2) is 6.97. The highest BCUT2D eigenvalue weighted by Crippen LogP contribution is 2.23. The zero-order valence-electron chi connectivity index (χ0n) is 16.5. The van der Waals surface area contributed by atoms with Crippen molar-refractivity contribution >= 4 is 22.6 Å². The molecule has 0 bridgehead atoms. The van der Waals surface area contributed by atoms with Crippen molar-refractivity contribution in [2.75, 3.05) is 31.1 Å². The summed E-state index contributed by atoms with van der Waals surface area (Å²) < 4.78 is 7.48. The summed E-state index contributed by atoms with van der Waals surface area (Å²) in [5.74, 6) is 0.835. The van der Waals surface area contributed by atoms with E-state index in [-0.39, 0.29) is 0 Å². The Morgan fingerprint density at radius 1 is 1.07 bits per heavy atom. The Morgan fingerprint density at radius 2 is 1.97 bits per heavy atom. The van der Waals surface area contributed by atoms with Crippen LogP contribution in [0.5, 0.6) is 0 Å². The van der Waals surface area contributed by atoms with E-state index in [1.54, 1.807) is 6.07 Å². The number of imidazole rings is 1. The highest BCUT2D eigenvalue weighted by molar-refractivity contribution is 5.80. The summed E-state index contributed by atoms with van der Waals surface area (Å²) in [6.07, 6.45) is 4.79. The maximum atomic E-state index is 12.7. The fourth-order valence-corrected chi connectivity index (χ4v) is 3.85. The van der Waals surface area contributed by atoms with Crippen LogP contribution in [0.1, 0.15) is 17.8 Å². The molecule has 4 aromatic heterocycles. The number of fused-ring (bicyclic) bond motifs is 2. The third kappa shape index (κ3) is 3.25. The molecule has 1 aliphatic rings. The van der Waals surface area contributed by atoms with E-state index in [0.717, 1.165) is 60.8 Å². The quantitative estimate of drug-likeness (QED) is 0.562. The van der Waals surface area contributed by atoms with Gasteiger partial charge in [0.15, 0.2) is 5.65 Å². The van der Waals surface area contributed by atoms with Crippen LogP contribution in [-0.2, 0) is 0 Å². The van der Waals surface area contributed by atoms with Crippen LogP contribution in [0.25, 0.3) is 28.0 Å². The van der Waals surface area contributed by atoms with Gasteiger partial charge in [0, 0.05) is 37.4 Å². The van der Waals surface area contributed by atoms with Gasteiger partial charge in [0.25, 0.3) is 0 Å². The molecule has 0 radical (unpaired) electrons. The van der Waals surface area contributed by atoms with E-state index in [9.17, 15) is 4.79 Å². The molecule has 148 valence electrons. The van der Waals surface area contributed by atoms with Crippen LogP contribution >= 0.6 is 0 Å². The van der Waals surface area contributed by atoms with Gasteiger partial charge in [0.2, 0.25) is 5.71 Å². The predicted octanol–water partition coefficient (Wildman–Crippen LogP) is 2.31. The number of anilines is 1. The molecule has 0 aliphatic carbocycles. The van der Waals surface area contributed by atoms with Crippen LogP contribution in [0.4, 0.5) is 5.82 Å². The Kier molecular flexibility index (Phi) is 4.28. The van der Waals surface area contributed by atoms with Crippen molar-refractivity contribution in [3.63, 3.8) is 0 Å². The first kappa shape index (κ1) is 17.8. The summed E-state index contributed by atoms with van der Waals surface area (Å²) in [5.41, 5.74) is 3.35. The lowest BCUT2D eigenvalue weighted by atomic mass is 10.2. The van der Waals surface area contributed by atoms with Crippen LogP contribution in [0, 0.1) is 13.8 Å². The van der Waals surface area contributed by atoms with Crippen molar-refractivity contribution < 1.29 is 4.42 Å². The van der Waals surface area contributed by atoms with Gasteiger partial charge in [-0.2, -0.15) is 4.98 Å². The van der Waals surface area contributed by atoms with E-state index < -0.39 is 5.63 Å². The van der Waals surface area contributed by atoms with Crippen LogP contribution < -0.4 is 15.8 Å². The third-order valence-electron chi connectivity index (χ3n) is 5.25. The number of hydrogen-bond donors (Lipinski definition) is 1. The van der Waals surface area contributed by atoms with Gasteiger partial charge in [-0.25, -0.2) is 9.78 Å². The van der Waals surface area contributed by atoms with Gasteiger partial charge in [-0.05, 0) is 45.0 Å². The third-order valence-corrected chi connectivity index (χ3v) is 5.25. The molecule has 0 atom stereocenters. The Morgan fingerprint density at radius 3 is 2.86 bits per heavy atom. The van der Waals surface area contributed by atoms with Crippen molar-refractivity contribution in [3.05, 3.63) is 52.4 Å². The SMILES string of the molecule is Cc1cn2cc(-c3cc4ccc(N5CCCNCC5)nc4oc3=O)nc2c(C)n1. The van der Waals surface area contributed by atoms with E-state index in [0.29, 0.717) is 17.0 Å². The number of hydrogen-bond acceptors (Lipinski definition) is 7. The van der Waals surface area contributed by atoms with E-state index in [1.165, 1.54) is 0 Å². The summed E-state index contributed by atoms with van der Waals surface area (Å²) in [6, 6.07) is 5.74. The molecule has 5 heterocycles. The van der Waals surface area contributed by atoms with Crippen molar-refractivity contribution in [1.29, 1.82) is 0 Å². The lowest BCUT2D eigenvalue weighted by Crippen LogP contribution is -2.28. The summed E-state index contributed by atoms with van der Waals surface area (Å²) in [7, 11) is 0. The second-order valence-electron chi connectivity index (χ2n) is 7.43. The molecular formula is C21H22N6O2. The first-order valence-corrected chi connectivity index (χ1v) is 9.82. The lowest BCUT2D eigenvalue weighted by molar-refractivity contribution is 0.551. The van der Waals surface area contributed by atoms with Gasteiger partial charge in [-0.15, -0.1) is 0 Å². The molecule has 0 unspecified atom stereocenters. The molecule has 0 saturated carbocycles. The highest BCUT2D eigenvalue weighted by Gasteiger charge is 2.16. The zero-order chi connectivity index (χ0) is 20.0. The number of rotatable bonds is 2. The molecule has 4 aromatic rings. The minimum atomic E-state index is -0.439. The largest absolute Gasteiger partial charge is 0.403 e. The highest BCUT2D eigenvalue weighted by atomic mass is 16.4. The summed E-state index contributed by atoms with van der Waals surface area (Å²) in [4.78, 5) is 28.6. The minimum absolute atomic E-state index is 0.353. The zero-order valence-corrected chi connectivity index (χ0v) is 16.5. The fourth-order valence-electron chi connectivity index (χ4n) is 3.85. The van der Waals surface area contributed by atoms with E-state index in [4.69, 9.17) is 4.42 Å². The first-order chi connectivity index (χ1) is 14.1. The Balaban J connectivity index is 1.57. The molecule has 1 aliphatic heterocycles. The lowest BCUT2D eigenvalue weighted by Gasteiger charge is -2.20. The molecule has 1 fully saturated rings. The first-order valence-electron chi connectivity index (χ1n) is 9.82. The number of pyridine rings is 1. The van der Waals surface area contributed by atoms with E-state index >= 15 is 0 Å². The van der Waals surface area contributed by atoms with Crippen molar-refractivity contribution in [2.45, 2.75) is 20.3 Å². The molecule has 29 heavy (non-hydrogen) atoms. The van der Waals surface area contributed by atoms with Crippen molar-refractivity contribution in [3.8, 4) is 11.3 Å². The molecular weight excluding hydrogens is 368 g/mol. The molecule has 0 amide bonds. The van der Waals surface area contributed by atoms with Gasteiger partial charge in [0.1, 0.15) is 5.82 Å². The van der Waals surface area contributed by atoms with Gasteiger partial charge in [0.05, 0.1) is 22.6 Å². The molecule has 0 spiro atoms. The minimum Gasteiger partial charge on any atom is -0.403 e. The molecule has 8 heteroatoms. The molecule has 1 N–H and O–H groups in total. The van der Waals surface area contributed by atoms with E-state index in [2.05, 4.69) is 25.2 Å². The van der Waals surface area contributed by atoms with Crippen LogP contribution in [-0.4, -0.2) is 45.5 Å². The Labute approximate surface area is 167 Å². The molecule has 8 nitrogen and oxygen atoms in total. The van der Waals surface area contributed by atoms with Gasteiger partial charge in [-0.3, -0.25) is 4.98 Å². The maximum Gasteiger partial charge on any atom is 0.347 e. The second-order valence-corrected chi connectivity index (χ2v) is 7.43. The monoisotopic (exact) mass is 390 g/mol. The van der Waals surface area contributed by atoms with Crippen molar-refractivity contribution in [2.24, 2.45) is 0 Å². The van der Waals surface area contributed by atoms with Crippen LogP contribution in [0.3, 0.4) is 0 Å². The van der Waals surface area contributed by atoms with Gasteiger partial charge >= 0.3 is 5.63 Å². The van der Waals surface area contributed by atoms with Crippen LogP contribution in [0.15, 0.2) is 39.8 Å². The molecule has 5 rings (SSSR count). The van der Waals surface area contributed by atoms with Crippen molar-refractivity contribution in [1.82, 2.24) is 24.7 Å².